The lowest BCUT2D eigenvalue weighted by Gasteiger charge is -2.49. The Hall–Kier alpha value is -2.42. The first-order valence-corrected chi connectivity index (χ1v) is 12.4. The molecule has 4 N–H and O–H groups in total. The monoisotopic (exact) mass is 589 g/mol. The Labute approximate surface area is 223 Å². The Morgan fingerprint density at radius 1 is 1.19 bits per heavy atom. The molecule has 1 fully saturated rings. The summed E-state index contributed by atoms with van der Waals surface area (Å²) in [6.07, 6.45) is -1.40. The van der Waals surface area contributed by atoms with E-state index in [4.69, 9.17) is 39.5 Å². The summed E-state index contributed by atoms with van der Waals surface area (Å²) in [5.74, 6) is -4.36. The molecule has 200 valence electrons. The van der Waals surface area contributed by atoms with Crippen molar-refractivity contribution in [2.45, 2.75) is 47.4 Å². The van der Waals surface area contributed by atoms with Crippen molar-refractivity contribution >= 4 is 82.4 Å². The molecule has 0 spiro atoms. The van der Waals surface area contributed by atoms with Crippen LogP contribution in [0.25, 0.3) is 0 Å². The molecule has 2 rings (SSSR count). The lowest BCUT2D eigenvalue weighted by Crippen LogP contribution is -2.70. The number of ether oxygens (including phenoxy) is 2. The number of hydrogen-bond donors (Lipinski definition) is 4. The number of thioether (sulfide) groups is 1. The lowest BCUT2D eigenvalue weighted by molar-refractivity contribution is -0.151. The number of alkyl carbamates (subject to hydrolysis) is 1. The molecule has 17 heteroatoms. The van der Waals surface area contributed by atoms with Gasteiger partial charge in [-0.05, 0) is 12.8 Å². The number of carboxylic acids is 2. The van der Waals surface area contributed by atoms with Crippen LogP contribution in [0.2, 0.25) is 0 Å². The smallest absolute Gasteiger partial charge is 0.407 e. The van der Waals surface area contributed by atoms with Crippen LogP contribution in [0.3, 0.4) is 0 Å². The molecule has 3 amide bonds. The number of esters is 1. The molecule has 2 aliphatic heterocycles. The van der Waals surface area contributed by atoms with E-state index in [9.17, 15) is 39.0 Å². The number of alkyl halides is 3. The van der Waals surface area contributed by atoms with Crippen molar-refractivity contribution in [2.24, 2.45) is 0 Å². The second-order valence-corrected chi connectivity index (χ2v) is 11.2. The standard InChI is InChI=1S/C19H22Cl3N3O10S/c1-8(26)34-5-9-6-36-15-12(14(28)25(15)13(9)17(31)32)24-11(27)4-2-3-10(16(29)30)23-18(33)35-7-19(20,21)22/h10,12,15H,2-7H2,1H3,(H,23,33)(H,24,27)(H,29,30)(H,31,32)/t10?,12?,15-/m0/s1. The van der Waals surface area contributed by atoms with Crippen molar-refractivity contribution in [3.8, 4) is 0 Å². The molecule has 0 aliphatic carbocycles. The summed E-state index contributed by atoms with van der Waals surface area (Å²) in [7, 11) is 0. The third-order valence-electron chi connectivity index (χ3n) is 4.87. The molecule has 3 atom stereocenters. The number of rotatable bonds is 11. The van der Waals surface area contributed by atoms with Gasteiger partial charge in [-0.2, -0.15) is 0 Å². The Balaban J connectivity index is 1.87. The minimum absolute atomic E-state index is 0.0305. The molecule has 1 saturated heterocycles. The number of β-lactam (4-membered cyclic amide) rings is 1. The van der Waals surface area contributed by atoms with Crippen molar-refractivity contribution in [2.75, 3.05) is 19.0 Å². The van der Waals surface area contributed by atoms with Crippen LogP contribution in [0.4, 0.5) is 4.79 Å². The zero-order valence-corrected chi connectivity index (χ0v) is 21.7. The fourth-order valence-corrected chi connectivity index (χ4v) is 4.78. The first-order chi connectivity index (χ1) is 16.7. The fraction of sp³-hybridized carbons (Fsp3) is 0.579. The van der Waals surface area contributed by atoms with E-state index >= 15 is 0 Å². The van der Waals surface area contributed by atoms with Gasteiger partial charge in [0.15, 0.2) is 0 Å². The molecule has 0 radical (unpaired) electrons. The number of hydrogen-bond acceptors (Lipinski definition) is 9. The average molecular weight is 591 g/mol. The molecule has 2 aliphatic rings. The third kappa shape index (κ3) is 8.32. The van der Waals surface area contributed by atoms with Crippen molar-refractivity contribution in [3.05, 3.63) is 11.3 Å². The Kier molecular flexibility index (Phi) is 10.5. The van der Waals surface area contributed by atoms with Crippen LogP contribution in [0.15, 0.2) is 11.3 Å². The highest BCUT2D eigenvalue weighted by Crippen LogP contribution is 2.40. The topological polar surface area (TPSA) is 189 Å². The van der Waals surface area contributed by atoms with Crippen molar-refractivity contribution in [1.29, 1.82) is 0 Å². The zero-order valence-electron chi connectivity index (χ0n) is 18.6. The second-order valence-electron chi connectivity index (χ2n) is 7.61. The molecule has 0 bridgehead atoms. The van der Waals surface area contributed by atoms with Gasteiger partial charge >= 0.3 is 24.0 Å². The minimum atomic E-state index is -1.87. The number of nitrogens with one attached hydrogen (secondary N) is 2. The lowest BCUT2D eigenvalue weighted by atomic mass is 10.0. The summed E-state index contributed by atoms with van der Waals surface area (Å²) in [6, 6.07) is -2.35. The number of amides is 3. The van der Waals surface area contributed by atoms with Gasteiger partial charge < -0.3 is 30.3 Å². The van der Waals surface area contributed by atoms with Crippen LogP contribution in [0.1, 0.15) is 26.2 Å². The minimum Gasteiger partial charge on any atom is -0.480 e. The molecule has 0 aromatic carbocycles. The van der Waals surface area contributed by atoms with Gasteiger partial charge in [0.1, 0.15) is 36.4 Å². The molecule has 13 nitrogen and oxygen atoms in total. The number of carbonyl (C=O) groups excluding carboxylic acids is 4. The Morgan fingerprint density at radius 3 is 2.42 bits per heavy atom. The van der Waals surface area contributed by atoms with Crippen LogP contribution >= 0.6 is 46.6 Å². The predicted molar refractivity (Wildman–Crippen MR) is 126 cm³/mol. The zero-order chi connectivity index (χ0) is 27.2. The summed E-state index contributed by atoms with van der Waals surface area (Å²) in [5, 5.41) is 22.7. The summed E-state index contributed by atoms with van der Waals surface area (Å²) in [4.78, 5) is 71.7. The highest BCUT2D eigenvalue weighted by Gasteiger charge is 2.54. The van der Waals surface area contributed by atoms with E-state index in [0.717, 1.165) is 4.90 Å². The Morgan fingerprint density at radius 2 is 1.86 bits per heavy atom. The van der Waals surface area contributed by atoms with Gasteiger partial charge in [0, 0.05) is 24.7 Å². The van der Waals surface area contributed by atoms with Crippen molar-refractivity contribution in [1.82, 2.24) is 15.5 Å². The maximum atomic E-state index is 12.6. The van der Waals surface area contributed by atoms with Gasteiger partial charge in [0.25, 0.3) is 5.91 Å². The van der Waals surface area contributed by atoms with E-state index in [-0.39, 0.29) is 42.9 Å². The van der Waals surface area contributed by atoms with Crippen molar-refractivity contribution < 1.29 is 48.5 Å². The van der Waals surface area contributed by atoms with E-state index in [1.54, 1.807) is 0 Å². The van der Waals surface area contributed by atoms with E-state index < -0.39 is 63.7 Å². The molecule has 0 aromatic rings. The molecule has 2 heterocycles. The Bertz CT molecular complexity index is 971. The van der Waals surface area contributed by atoms with E-state index in [1.807, 2.05) is 0 Å². The number of fused-ring (bicyclic) bond motifs is 1. The molecular weight excluding hydrogens is 569 g/mol. The van der Waals surface area contributed by atoms with Crippen LogP contribution in [0.5, 0.6) is 0 Å². The highest BCUT2D eigenvalue weighted by molar-refractivity contribution is 8.00. The van der Waals surface area contributed by atoms with Crippen LogP contribution in [0, 0.1) is 0 Å². The number of nitrogens with zero attached hydrogens (tertiary/aromatic N) is 1. The third-order valence-corrected chi connectivity index (χ3v) is 6.54. The van der Waals surface area contributed by atoms with Crippen LogP contribution in [-0.2, 0) is 33.4 Å². The van der Waals surface area contributed by atoms with Gasteiger partial charge in [-0.3, -0.25) is 19.3 Å². The number of carbonyl (C=O) groups is 6. The number of aliphatic carboxylic acids is 2. The molecule has 36 heavy (non-hydrogen) atoms. The van der Waals surface area contributed by atoms with Gasteiger partial charge in [-0.15, -0.1) is 11.8 Å². The van der Waals surface area contributed by atoms with Gasteiger partial charge in [0.05, 0.1) is 0 Å². The largest absolute Gasteiger partial charge is 0.480 e. The van der Waals surface area contributed by atoms with Crippen molar-refractivity contribution in [3.63, 3.8) is 0 Å². The quantitative estimate of drug-likeness (QED) is 0.153. The molecule has 0 saturated carbocycles. The molecule has 2 unspecified atom stereocenters. The maximum Gasteiger partial charge on any atom is 0.407 e. The summed E-state index contributed by atoms with van der Waals surface area (Å²) in [6.45, 7) is 0.301. The summed E-state index contributed by atoms with van der Waals surface area (Å²) >= 11 is 17.6. The second kappa shape index (κ2) is 12.7. The van der Waals surface area contributed by atoms with E-state index in [2.05, 4.69) is 15.4 Å². The first kappa shape index (κ1) is 29.8. The molecular formula is C19H22Cl3N3O10S. The normalized spacial score (nSPS) is 20.0. The SMILES string of the molecule is CC(=O)OCC1=C(C(=O)O)N2C(=O)C(NC(=O)CCCC(NC(=O)OCC(Cl)(Cl)Cl)C(=O)O)[C@@H]2SC1. The number of carboxylic acid groups (broad SMARTS) is 2. The van der Waals surface area contributed by atoms with Gasteiger partial charge in [0.2, 0.25) is 9.70 Å². The number of halogens is 3. The predicted octanol–water partition coefficient (Wildman–Crippen LogP) is 1.01. The summed E-state index contributed by atoms with van der Waals surface area (Å²) in [5.41, 5.74) is -0.0239. The average Bonchev–Trinajstić information content (AvgIpc) is 2.77. The fourth-order valence-electron chi connectivity index (χ4n) is 3.28. The molecule has 0 aromatic heterocycles. The maximum absolute atomic E-state index is 12.6. The summed E-state index contributed by atoms with van der Waals surface area (Å²) < 4.78 is 7.59. The van der Waals surface area contributed by atoms with E-state index in [0.29, 0.717) is 0 Å². The van der Waals surface area contributed by atoms with E-state index in [1.165, 1.54) is 18.7 Å². The highest BCUT2D eigenvalue weighted by atomic mass is 35.6. The first-order valence-electron chi connectivity index (χ1n) is 10.3. The van der Waals surface area contributed by atoms with Gasteiger partial charge in [-0.1, -0.05) is 34.8 Å². The van der Waals surface area contributed by atoms with Crippen LogP contribution < -0.4 is 10.6 Å². The van der Waals surface area contributed by atoms with Crippen LogP contribution in [-0.4, -0.2) is 91.1 Å². The van der Waals surface area contributed by atoms with Gasteiger partial charge in [-0.25, -0.2) is 14.4 Å².